The number of ether oxygens (including phenoxy) is 2. The molecule has 0 aliphatic heterocycles. The zero-order valence-corrected chi connectivity index (χ0v) is 18.9. The summed E-state index contributed by atoms with van der Waals surface area (Å²) in [5, 5.41) is 4.51. The Balaban J connectivity index is 1.48. The maximum Gasteiger partial charge on any atom is 0.345 e. The highest BCUT2D eigenvalue weighted by atomic mass is 79.9. The molecule has 0 bridgehead atoms. The van der Waals surface area contributed by atoms with E-state index < -0.39 is 11.9 Å². The van der Waals surface area contributed by atoms with Gasteiger partial charge in [0.1, 0.15) is 11.5 Å². The maximum absolute atomic E-state index is 12.2. The molecular weight excluding hydrogens is 507 g/mol. The number of halogens is 3. The minimum Gasteiger partial charge on any atom is -0.484 e. The molecule has 0 saturated heterocycles. The van der Waals surface area contributed by atoms with Crippen molar-refractivity contribution in [3.05, 3.63) is 92.4 Å². The zero-order chi connectivity index (χ0) is 22.2. The lowest BCUT2D eigenvalue weighted by atomic mass is 10.2. The van der Waals surface area contributed by atoms with Gasteiger partial charge in [-0.05, 0) is 72.3 Å². The van der Waals surface area contributed by atoms with Gasteiger partial charge in [0.2, 0.25) is 0 Å². The van der Waals surface area contributed by atoms with E-state index in [0.717, 1.165) is 4.47 Å². The van der Waals surface area contributed by atoms with Gasteiger partial charge in [-0.15, -0.1) is 0 Å². The van der Waals surface area contributed by atoms with E-state index in [4.69, 9.17) is 32.7 Å². The highest BCUT2D eigenvalue weighted by Gasteiger charge is 2.13. The van der Waals surface area contributed by atoms with Gasteiger partial charge in [0.25, 0.3) is 5.91 Å². The van der Waals surface area contributed by atoms with Crippen LogP contribution in [0.5, 0.6) is 11.5 Å². The van der Waals surface area contributed by atoms with Crippen LogP contribution in [0.3, 0.4) is 0 Å². The predicted molar refractivity (Wildman–Crippen MR) is 123 cm³/mol. The number of esters is 1. The molecule has 0 spiro atoms. The first-order valence-electron chi connectivity index (χ1n) is 8.88. The molecule has 1 amide bonds. The third-order valence-corrected chi connectivity index (χ3v) is 4.90. The Morgan fingerprint density at radius 1 is 0.968 bits per heavy atom. The highest BCUT2D eigenvalue weighted by Crippen LogP contribution is 2.23. The second-order valence-corrected chi connectivity index (χ2v) is 7.88. The molecule has 0 aliphatic rings. The maximum atomic E-state index is 12.2. The number of nitrogens with one attached hydrogen (secondary N) is 1. The molecule has 0 heterocycles. The Hall–Kier alpha value is -2.87. The lowest BCUT2D eigenvalue weighted by molar-refractivity contribution is -0.123. The standard InChI is InChI=1S/C22H15BrCl2N2O4/c23-15-3-8-17(9-4-15)30-13-21(28)27-26-12-14-1-6-18(7-2-14)31-22(29)19-10-5-16(24)11-20(19)25/h1-12H,13H2,(H,27,28). The van der Waals surface area contributed by atoms with E-state index in [1.165, 1.54) is 18.3 Å². The van der Waals surface area contributed by atoms with Gasteiger partial charge in [-0.3, -0.25) is 4.79 Å². The average molecular weight is 522 g/mol. The summed E-state index contributed by atoms with van der Waals surface area (Å²) in [5.41, 5.74) is 3.28. The van der Waals surface area contributed by atoms with E-state index in [2.05, 4.69) is 26.5 Å². The summed E-state index contributed by atoms with van der Waals surface area (Å²) in [5.74, 6) is -0.0851. The topological polar surface area (TPSA) is 77.0 Å². The van der Waals surface area contributed by atoms with Crippen LogP contribution in [-0.4, -0.2) is 24.7 Å². The quantitative estimate of drug-likeness (QED) is 0.192. The van der Waals surface area contributed by atoms with Crippen molar-refractivity contribution in [2.75, 3.05) is 6.61 Å². The molecule has 3 aromatic rings. The van der Waals surface area contributed by atoms with E-state index in [-0.39, 0.29) is 17.2 Å². The SMILES string of the molecule is O=C(COc1ccc(Br)cc1)NN=Cc1ccc(OC(=O)c2ccc(Cl)cc2Cl)cc1. The largest absolute Gasteiger partial charge is 0.484 e. The minimum absolute atomic E-state index is 0.166. The summed E-state index contributed by atoms with van der Waals surface area (Å²) < 4.78 is 11.6. The lowest BCUT2D eigenvalue weighted by Gasteiger charge is -2.06. The van der Waals surface area contributed by atoms with E-state index in [1.54, 1.807) is 42.5 Å². The number of hydrogen-bond acceptors (Lipinski definition) is 5. The van der Waals surface area contributed by atoms with Gasteiger partial charge in [0.05, 0.1) is 16.8 Å². The lowest BCUT2D eigenvalue weighted by Crippen LogP contribution is -2.24. The van der Waals surface area contributed by atoms with Crippen molar-refractivity contribution in [1.29, 1.82) is 0 Å². The fraction of sp³-hybridized carbons (Fsp3) is 0.0455. The molecular formula is C22H15BrCl2N2O4. The third kappa shape index (κ3) is 7.10. The number of hydrogen-bond donors (Lipinski definition) is 1. The minimum atomic E-state index is -0.596. The first-order chi connectivity index (χ1) is 14.9. The fourth-order valence-electron chi connectivity index (χ4n) is 2.33. The summed E-state index contributed by atoms with van der Waals surface area (Å²) >= 11 is 15.2. The predicted octanol–water partition coefficient (Wildman–Crippen LogP) is 5.50. The molecule has 3 rings (SSSR count). The first kappa shape index (κ1) is 22.8. The Morgan fingerprint density at radius 3 is 2.32 bits per heavy atom. The molecule has 158 valence electrons. The number of carbonyl (C=O) groups is 2. The van der Waals surface area contributed by atoms with Gasteiger partial charge < -0.3 is 9.47 Å². The molecule has 9 heteroatoms. The van der Waals surface area contributed by atoms with Crippen molar-refractivity contribution in [2.45, 2.75) is 0 Å². The van der Waals surface area contributed by atoms with Crippen LogP contribution in [0.4, 0.5) is 0 Å². The van der Waals surface area contributed by atoms with E-state index in [1.807, 2.05) is 12.1 Å². The van der Waals surface area contributed by atoms with Crippen LogP contribution in [0.1, 0.15) is 15.9 Å². The summed E-state index contributed by atoms with van der Waals surface area (Å²) in [6.07, 6.45) is 1.46. The number of rotatable bonds is 7. The molecule has 0 radical (unpaired) electrons. The third-order valence-electron chi connectivity index (χ3n) is 3.83. The Morgan fingerprint density at radius 2 is 1.65 bits per heavy atom. The van der Waals surface area contributed by atoms with Crippen LogP contribution in [-0.2, 0) is 4.79 Å². The summed E-state index contributed by atoms with van der Waals surface area (Å²) in [6, 6.07) is 18.2. The van der Waals surface area contributed by atoms with Crippen molar-refractivity contribution in [2.24, 2.45) is 5.10 Å². The normalized spacial score (nSPS) is 10.7. The molecule has 3 aromatic carbocycles. The van der Waals surface area contributed by atoms with Crippen LogP contribution in [0.15, 0.2) is 76.3 Å². The number of carbonyl (C=O) groups excluding carboxylic acids is 2. The average Bonchev–Trinajstić information content (AvgIpc) is 2.74. The molecule has 31 heavy (non-hydrogen) atoms. The van der Waals surface area contributed by atoms with Gasteiger partial charge in [-0.1, -0.05) is 39.1 Å². The van der Waals surface area contributed by atoms with E-state index in [9.17, 15) is 9.59 Å². The molecule has 0 aliphatic carbocycles. The van der Waals surface area contributed by atoms with Crippen LogP contribution >= 0.6 is 39.1 Å². The van der Waals surface area contributed by atoms with Crippen molar-refractivity contribution >= 4 is 57.2 Å². The molecule has 0 unspecified atom stereocenters. The molecule has 0 saturated carbocycles. The Labute approximate surface area is 196 Å². The summed E-state index contributed by atoms with van der Waals surface area (Å²) in [4.78, 5) is 24.0. The van der Waals surface area contributed by atoms with Crippen molar-refractivity contribution in [3.8, 4) is 11.5 Å². The fourth-order valence-corrected chi connectivity index (χ4v) is 3.08. The number of hydrazone groups is 1. The van der Waals surface area contributed by atoms with Crippen LogP contribution < -0.4 is 14.9 Å². The monoisotopic (exact) mass is 520 g/mol. The molecule has 0 atom stereocenters. The zero-order valence-electron chi connectivity index (χ0n) is 15.8. The summed E-state index contributed by atoms with van der Waals surface area (Å²) in [7, 11) is 0. The van der Waals surface area contributed by atoms with Crippen LogP contribution in [0, 0.1) is 0 Å². The van der Waals surface area contributed by atoms with Gasteiger partial charge in [0.15, 0.2) is 6.61 Å². The number of nitrogens with zero attached hydrogens (tertiary/aromatic N) is 1. The van der Waals surface area contributed by atoms with E-state index >= 15 is 0 Å². The Bertz CT molecular complexity index is 1100. The van der Waals surface area contributed by atoms with Gasteiger partial charge in [0, 0.05) is 9.50 Å². The molecule has 0 fully saturated rings. The smallest absolute Gasteiger partial charge is 0.345 e. The summed E-state index contributed by atoms with van der Waals surface area (Å²) in [6.45, 7) is -0.166. The van der Waals surface area contributed by atoms with Crippen LogP contribution in [0.25, 0.3) is 0 Å². The van der Waals surface area contributed by atoms with Gasteiger partial charge in [-0.2, -0.15) is 5.10 Å². The van der Waals surface area contributed by atoms with Gasteiger partial charge >= 0.3 is 5.97 Å². The number of amides is 1. The van der Waals surface area contributed by atoms with Gasteiger partial charge in [-0.25, -0.2) is 10.2 Å². The Kier molecular flexibility index (Phi) is 8.06. The second-order valence-electron chi connectivity index (χ2n) is 6.12. The highest BCUT2D eigenvalue weighted by molar-refractivity contribution is 9.10. The van der Waals surface area contributed by atoms with E-state index in [0.29, 0.717) is 22.1 Å². The first-order valence-corrected chi connectivity index (χ1v) is 10.4. The van der Waals surface area contributed by atoms with Crippen molar-refractivity contribution in [3.63, 3.8) is 0 Å². The second kappa shape index (κ2) is 10.9. The molecule has 1 N–H and O–H groups in total. The molecule has 6 nitrogen and oxygen atoms in total. The molecule has 0 aromatic heterocycles. The van der Waals surface area contributed by atoms with Crippen molar-refractivity contribution in [1.82, 2.24) is 5.43 Å². The van der Waals surface area contributed by atoms with Crippen molar-refractivity contribution < 1.29 is 19.1 Å². The number of benzene rings is 3. The van der Waals surface area contributed by atoms with Crippen LogP contribution in [0.2, 0.25) is 10.0 Å².